The van der Waals surface area contributed by atoms with E-state index in [1.807, 2.05) is 6.92 Å². The van der Waals surface area contributed by atoms with E-state index in [1.54, 1.807) is 6.21 Å². The van der Waals surface area contributed by atoms with Crippen LogP contribution in [0.1, 0.15) is 23.7 Å². The first-order valence-corrected chi connectivity index (χ1v) is 5.70. The summed E-state index contributed by atoms with van der Waals surface area (Å²) in [4.78, 5) is 11.6. The van der Waals surface area contributed by atoms with Crippen LogP contribution in [-0.2, 0) is 0 Å². The average molecular weight is 275 g/mol. The van der Waals surface area contributed by atoms with Gasteiger partial charge in [-0.05, 0) is 18.6 Å². The Morgan fingerprint density at radius 2 is 2.06 bits per heavy atom. The van der Waals surface area contributed by atoms with Gasteiger partial charge in [-0.3, -0.25) is 4.79 Å². The lowest BCUT2D eigenvalue weighted by atomic mass is 10.2. The largest absolute Gasteiger partial charge is 0.494 e. The number of methoxy groups -OCH3 is 1. The van der Waals surface area contributed by atoms with Crippen molar-refractivity contribution in [3.63, 3.8) is 0 Å². The molecular formula is C11H12Cl2N2O2. The minimum absolute atomic E-state index is 0.282. The number of halogens is 2. The van der Waals surface area contributed by atoms with Crippen molar-refractivity contribution in [2.45, 2.75) is 13.3 Å². The normalized spacial score (nSPS) is 10.6. The van der Waals surface area contributed by atoms with Gasteiger partial charge >= 0.3 is 0 Å². The molecule has 0 aliphatic carbocycles. The first-order chi connectivity index (χ1) is 8.10. The Morgan fingerprint density at radius 3 is 2.53 bits per heavy atom. The lowest BCUT2D eigenvalue weighted by Gasteiger charge is -2.07. The second-order valence-corrected chi connectivity index (χ2v) is 3.95. The second kappa shape index (κ2) is 6.47. The van der Waals surface area contributed by atoms with E-state index in [1.165, 1.54) is 19.2 Å². The third-order valence-electron chi connectivity index (χ3n) is 1.90. The number of nitrogens with zero attached hydrogens (tertiary/aromatic N) is 1. The van der Waals surface area contributed by atoms with E-state index in [0.717, 1.165) is 6.42 Å². The maximum atomic E-state index is 11.6. The van der Waals surface area contributed by atoms with Crippen LogP contribution in [0.25, 0.3) is 0 Å². The molecule has 0 bridgehead atoms. The lowest BCUT2D eigenvalue weighted by Crippen LogP contribution is -2.17. The summed E-state index contributed by atoms with van der Waals surface area (Å²) in [5.74, 6) is -0.0249. The molecule has 92 valence electrons. The molecule has 0 radical (unpaired) electrons. The number of hydrazone groups is 1. The minimum atomic E-state index is -0.374. The third-order valence-corrected chi connectivity index (χ3v) is 2.47. The Morgan fingerprint density at radius 1 is 1.47 bits per heavy atom. The molecule has 4 nitrogen and oxygen atoms in total. The summed E-state index contributed by atoms with van der Waals surface area (Å²) in [6.07, 6.45) is 2.33. The molecule has 0 atom stereocenters. The summed E-state index contributed by atoms with van der Waals surface area (Å²) in [5.41, 5.74) is 2.69. The summed E-state index contributed by atoms with van der Waals surface area (Å²) in [5, 5.41) is 4.29. The highest BCUT2D eigenvalue weighted by Gasteiger charge is 2.12. The van der Waals surface area contributed by atoms with Crippen molar-refractivity contribution in [3.05, 3.63) is 27.7 Å². The van der Waals surface area contributed by atoms with Gasteiger partial charge in [-0.1, -0.05) is 30.1 Å². The van der Waals surface area contributed by atoms with Crippen LogP contribution in [0.2, 0.25) is 10.0 Å². The van der Waals surface area contributed by atoms with E-state index in [0.29, 0.717) is 11.3 Å². The fourth-order valence-corrected chi connectivity index (χ4v) is 1.79. The van der Waals surface area contributed by atoms with Crippen molar-refractivity contribution >= 4 is 35.3 Å². The maximum absolute atomic E-state index is 11.6. The predicted molar refractivity (Wildman–Crippen MR) is 69.3 cm³/mol. The Kier molecular flexibility index (Phi) is 5.25. The zero-order valence-corrected chi connectivity index (χ0v) is 11.0. The quantitative estimate of drug-likeness (QED) is 0.678. The van der Waals surface area contributed by atoms with Crippen LogP contribution in [0.4, 0.5) is 0 Å². The van der Waals surface area contributed by atoms with Gasteiger partial charge in [0.05, 0.1) is 17.2 Å². The van der Waals surface area contributed by atoms with Gasteiger partial charge in [0.1, 0.15) is 0 Å². The van der Waals surface area contributed by atoms with Crippen molar-refractivity contribution in [2.75, 3.05) is 7.11 Å². The molecule has 0 aliphatic rings. The van der Waals surface area contributed by atoms with Gasteiger partial charge in [-0.2, -0.15) is 5.10 Å². The number of nitrogens with one attached hydrogen (secondary N) is 1. The first kappa shape index (κ1) is 13.8. The van der Waals surface area contributed by atoms with E-state index in [4.69, 9.17) is 27.9 Å². The molecule has 17 heavy (non-hydrogen) atoms. The molecule has 0 saturated heterocycles. The topological polar surface area (TPSA) is 50.7 Å². The highest BCUT2D eigenvalue weighted by atomic mass is 35.5. The zero-order valence-electron chi connectivity index (χ0n) is 9.46. The maximum Gasteiger partial charge on any atom is 0.271 e. The molecule has 1 N–H and O–H groups in total. The molecule has 1 rings (SSSR count). The first-order valence-electron chi connectivity index (χ1n) is 4.95. The average Bonchev–Trinajstić information content (AvgIpc) is 2.28. The van der Waals surface area contributed by atoms with Gasteiger partial charge in [0.25, 0.3) is 5.91 Å². The molecular weight excluding hydrogens is 263 g/mol. The molecule has 0 heterocycles. The van der Waals surface area contributed by atoms with Gasteiger partial charge in [-0.25, -0.2) is 5.43 Å². The number of amides is 1. The van der Waals surface area contributed by atoms with Gasteiger partial charge in [0.15, 0.2) is 5.75 Å². The summed E-state index contributed by atoms with van der Waals surface area (Å²) in [6, 6.07) is 2.95. The van der Waals surface area contributed by atoms with Crippen molar-refractivity contribution in [1.82, 2.24) is 5.43 Å². The van der Waals surface area contributed by atoms with Gasteiger partial charge < -0.3 is 4.74 Å². The summed E-state index contributed by atoms with van der Waals surface area (Å²) < 4.78 is 4.98. The van der Waals surface area contributed by atoms with Crippen molar-refractivity contribution in [1.29, 1.82) is 0 Å². The Labute approximate surface area is 110 Å². The van der Waals surface area contributed by atoms with E-state index in [9.17, 15) is 4.79 Å². The fraction of sp³-hybridized carbons (Fsp3) is 0.273. The molecule has 0 spiro atoms. The monoisotopic (exact) mass is 274 g/mol. The number of hydrogen-bond donors (Lipinski definition) is 1. The molecule has 1 aromatic rings. The Hall–Kier alpha value is -1.26. The Balaban J connectivity index is 2.92. The van der Waals surface area contributed by atoms with Gasteiger partial charge in [0.2, 0.25) is 0 Å². The van der Waals surface area contributed by atoms with Crippen LogP contribution in [0.3, 0.4) is 0 Å². The van der Waals surface area contributed by atoms with Crippen molar-refractivity contribution < 1.29 is 9.53 Å². The number of carbonyl (C=O) groups excluding carboxylic acids is 1. The molecule has 1 aromatic carbocycles. The smallest absolute Gasteiger partial charge is 0.271 e. The lowest BCUT2D eigenvalue weighted by molar-refractivity contribution is 0.0955. The van der Waals surface area contributed by atoms with E-state index in [2.05, 4.69) is 10.5 Å². The molecule has 0 unspecified atom stereocenters. The second-order valence-electron chi connectivity index (χ2n) is 3.13. The highest BCUT2D eigenvalue weighted by molar-refractivity contribution is 6.37. The number of carbonyl (C=O) groups is 1. The van der Waals surface area contributed by atoms with Crippen LogP contribution in [0.15, 0.2) is 17.2 Å². The van der Waals surface area contributed by atoms with E-state index >= 15 is 0 Å². The fourth-order valence-electron chi connectivity index (χ4n) is 1.15. The number of rotatable bonds is 4. The van der Waals surface area contributed by atoms with Crippen molar-refractivity contribution in [3.8, 4) is 5.75 Å². The minimum Gasteiger partial charge on any atom is -0.494 e. The standard InChI is InChI=1S/C11H12Cl2N2O2/c1-3-4-14-15-11(16)7-5-8(12)10(17-2)9(13)6-7/h4-6H,3H2,1-2H3,(H,15,16)/b14-4+. The zero-order chi connectivity index (χ0) is 12.8. The van der Waals surface area contributed by atoms with Gasteiger partial charge in [-0.15, -0.1) is 0 Å². The van der Waals surface area contributed by atoms with Crippen LogP contribution < -0.4 is 10.2 Å². The Bertz CT molecular complexity index is 424. The molecule has 0 fully saturated rings. The van der Waals surface area contributed by atoms with Gasteiger partial charge in [0, 0.05) is 11.8 Å². The summed E-state index contributed by atoms with van der Waals surface area (Å²) >= 11 is 11.8. The third kappa shape index (κ3) is 3.61. The van der Waals surface area contributed by atoms with E-state index in [-0.39, 0.29) is 16.0 Å². The highest BCUT2D eigenvalue weighted by Crippen LogP contribution is 2.33. The number of benzene rings is 1. The summed E-state index contributed by atoms with van der Waals surface area (Å²) in [6.45, 7) is 1.91. The number of hydrogen-bond acceptors (Lipinski definition) is 3. The van der Waals surface area contributed by atoms with Crippen molar-refractivity contribution in [2.24, 2.45) is 5.10 Å². The molecule has 0 saturated carbocycles. The molecule has 1 amide bonds. The molecule has 0 aliphatic heterocycles. The van der Waals surface area contributed by atoms with Crippen LogP contribution >= 0.6 is 23.2 Å². The number of ether oxygens (including phenoxy) is 1. The van der Waals surface area contributed by atoms with E-state index < -0.39 is 0 Å². The molecule has 6 heteroatoms. The summed E-state index contributed by atoms with van der Waals surface area (Å²) in [7, 11) is 1.46. The molecule has 0 aromatic heterocycles. The predicted octanol–water partition coefficient (Wildman–Crippen LogP) is 3.13. The van der Waals surface area contributed by atoms with Crippen LogP contribution in [-0.4, -0.2) is 19.2 Å². The van der Waals surface area contributed by atoms with Crippen LogP contribution in [0.5, 0.6) is 5.75 Å². The van der Waals surface area contributed by atoms with Crippen LogP contribution in [0, 0.1) is 0 Å². The SMILES string of the molecule is CC/C=N/NC(=O)c1cc(Cl)c(OC)c(Cl)c1.